The van der Waals surface area contributed by atoms with Gasteiger partial charge in [-0.3, -0.25) is 4.68 Å². The Bertz CT molecular complexity index is 334. The van der Waals surface area contributed by atoms with E-state index in [1.807, 2.05) is 18.5 Å². The van der Waals surface area contributed by atoms with Crippen LogP contribution in [0.3, 0.4) is 0 Å². The molecule has 0 aliphatic carbocycles. The Morgan fingerprint density at radius 1 is 1.50 bits per heavy atom. The van der Waals surface area contributed by atoms with E-state index >= 15 is 0 Å². The summed E-state index contributed by atoms with van der Waals surface area (Å²) in [6.07, 6.45) is 1.51. The van der Waals surface area contributed by atoms with Crippen LogP contribution in [-0.4, -0.2) is 28.0 Å². The quantitative estimate of drug-likeness (QED) is 0.792. The number of aromatic nitrogens is 2. The summed E-state index contributed by atoms with van der Waals surface area (Å²) in [6, 6.07) is 0. The summed E-state index contributed by atoms with van der Waals surface area (Å²) < 4.78 is 1.90. The first-order chi connectivity index (χ1) is 7.67. The van der Waals surface area contributed by atoms with Crippen LogP contribution in [0.4, 0.5) is 0 Å². The molecule has 1 atom stereocenters. The van der Waals surface area contributed by atoms with Crippen molar-refractivity contribution < 1.29 is 5.11 Å². The number of aryl methyl sites for hydroxylation is 2. The molecule has 1 rings (SSSR count). The SMILES string of the molecule is CCc1nn(CC)c(CC(CN)CO)c1Cl. The lowest BCUT2D eigenvalue weighted by Gasteiger charge is -2.12. The van der Waals surface area contributed by atoms with Gasteiger partial charge in [-0.2, -0.15) is 5.10 Å². The number of aliphatic hydroxyl groups is 1. The molecule has 1 aromatic rings. The van der Waals surface area contributed by atoms with E-state index in [0.29, 0.717) is 13.0 Å². The van der Waals surface area contributed by atoms with Gasteiger partial charge >= 0.3 is 0 Å². The van der Waals surface area contributed by atoms with Crippen LogP contribution in [-0.2, 0) is 19.4 Å². The molecule has 0 spiro atoms. The highest BCUT2D eigenvalue weighted by atomic mass is 35.5. The Morgan fingerprint density at radius 3 is 2.62 bits per heavy atom. The lowest BCUT2D eigenvalue weighted by molar-refractivity contribution is 0.227. The maximum atomic E-state index is 9.15. The standard InChI is InChI=1S/C11H20ClN3O/c1-3-9-11(12)10(15(4-2)14-9)5-8(6-13)7-16/h8,16H,3-7,13H2,1-2H3. The average Bonchev–Trinajstić information content (AvgIpc) is 2.62. The highest BCUT2D eigenvalue weighted by molar-refractivity contribution is 6.31. The molecule has 0 bridgehead atoms. The second kappa shape index (κ2) is 6.23. The predicted octanol–water partition coefficient (Wildman–Crippen LogP) is 1.23. The molecular weight excluding hydrogens is 226 g/mol. The third-order valence-electron chi connectivity index (χ3n) is 2.77. The Labute approximate surface area is 101 Å². The van der Waals surface area contributed by atoms with Gasteiger partial charge in [0.15, 0.2) is 0 Å². The largest absolute Gasteiger partial charge is 0.396 e. The summed E-state index contributed by atoms with van der Waals surface area (Å²) in [5.74, 6) is 0.0595. The minimum absolute atomic E-state index is 0.0595. The lowest BCUT2D eigenvalue weighted by atomic mass is 10.0. The first-order valence-corrected chi connectivity index (χ1v) is 6.10. The van der Waals surface area contributed by atoms with E-state index in [4.69, 9.17) is 22.4 Å². The molecule has 1 heterocycles. The molecule has 0 radical (unpaired) electrons. The van der Waals surface area contributed by atoms with Crippen LogP contribution >= 0.6 is 11.6 Å². The third-order valence-corrected chi connectivity index (χ3v) is 3.20. The average molecular weight is 246 g/mol. The Morgan fingerprint density at radius 2 is 2.19 bits per heavy atom. The number of aliphatic hydroxyl groups excluding tert-OH is 1. The number of nitrogens with two attached hydrogens (primary N) is 1. The zero-order valence-electron chi connectivity index (χ0n) is 9.91. The normalized spacial score (nSPS) is 13.1. The molecule has 3 N–H and O–H groups in total. The van der Waals surface area contributed by atoms with Crippen LogP contribution in [0.15, 0.2) is 0 Å². The molecule has 0 fully saturated rings. The maximum Gasteiger partial charge on any atom is 0.0849 e. The van der Waals surface area contributed by atoms with Crippen molar-refractivity contribution in [3.8, 4) is 0 Å². The zero-order valence-corrected chi connectivity index (χ0v) is 10.7. The van der Waals surface area contributed by atoms with Gasteiger partial charge in [-0.25, -0.2) is 0 Å². The second-order valence-corrected chi connectivity index (χ2v) is 4.24. The van der Waals surface area contributed by atoms with Crippen molar-refractivity contribution in [1.29, 1.82) is 0 Å². The van der Waals surface area contributed by atoms with Crippen molar-refractivity contribution in [2.45, 2.75) is 33.2 Å². The topological polar surface area (TPSA) is 64.1 Å². The summed E-state index contributed by atoms with van der Waals surface area (Å²) in [5.41, 5.74) is 7.49. The van der Waals surface area contributed by atoms with Crippen molar-refractivity contribution in [1.82, 2.24) is 9.78 Å². The molecule has 0 aromatic carbocycles. The molecule has 1 unspecified atom stereocenters. The first-order valence-electron chi connectivity index (χ1n) is 5.72. The Balaban J connectivity index is 2.96. The van der Waals surface area contributed by atoms with Crippen molar-refractivity contribution >= 4 is 11.6 Å². The van der Waals surface area contributed by atoms with Crippen LogP contribution in [0.25, 0.3) is 0 Å². The zero-order chi connectivity index (χ0) is 12.1. The van der Waals surface area contributed by atoms with E-state index in [1.54, 1.807) is 0 Å². The van der Waals surface area contributed by atoms with Gasteiger partial charge in [0.05, 0.1) is 16.4 Å². The number of hydrogen-bond acceptors (Lipinski definition) is 3. The fourth-order valence-electron chi connectivity index (χ4n) is 1.71. The summed E-state index contributed by atoms with van der Waals surface area (Å²) >= 11 is 6.26. The van der Waals surface area contributed by atoms with Gasteiger partial charge in [0, 0.05) is 13.2 Å². The van der Waals surface area contributed by atoms with Gasteiger partial charge < -0.3 is 10.8 Å². The van der Waals surface area contributed by atoms with Gasteiger partial charge in [-0.1, -0.05) is 18.5 Å². The molecule has 0 saturated carbocycles. The number of halogens is 1. The van der Waals surface area contributed by atoms with Crippen LogP contribution in [0.2, 0.25) is 5.02 Å². The molecule has 0 aliphatic rings. The van der Waals surface area contributed by atoms with Crippen LogP contribution in [0, 0.1) is 5.92 Å². The Kier molecular flexibility index (Phi) is 5.25. The van der Waals surface area contributed by atoms with Gasteiger partial charge in [-0.05, 0) is 32.2 Å². The van der Waals surface area contributed by atoms with Crippen molar-refractivity contribution in [3.63, 3.8) is 0 Å². The summed E-state index contributed by atoms with van der Waals surface area (Å²) in [4.78, 5) is 0. The van der Waals surface area contributed by atoms with Crippen LogP contribution in [0.1, 0.15) is 25.2 Å². The second-order valence-electron chi connectivity index (χ2n) is 3.87. The summed E-state index contributed by atoms with van der Waals surface area (Å²) in [7, 11) is 0. The van der Waals surface area contributed by atoms with E-state index in [0.717, 1.165) is 29.4 Å². The number of rotatable bonds is 6. The maximum absolute atomic E-state index is 9.15. The molecule has 1 aromatic heterocycles. The molecule has 4 nitrogen and oxygen atoms in total. The molecular formula is C11H20ClN3O. The minimum atomic E-state index is 0.0595. The first kappa shape index (κ1) is 13.5. The van der Waals surface area contributed by atoms with Crippen molar-refractivity contribution in [2.75, 3.05) is 13.2 Å². The fraction of sp³-hybridized carbons (Fsp3) is 0.727. The minimum Gasteiger partial charge on any atom is -0.396 e. The van der Waals surface area contributed by atoms with E-state index in [9.17, 15) is 0 Å². The molecule has 0 saturated heterocycles. The number of hydrogen-bond donors (Lipinski definition) is 2. The van der Waals surface area contributed by atoms with Crippen molar-refractivity contribution in [2.24, 2.45) is 11.7 Å². The van der Waals surface area contributed by atoms with Gasteiger partial charge in [0.1, 0.15) is 0 Å². The third kappa shape index (κ3) is 2.75. The van der Waals surface area contributed by atoms with Gasteiger partial charge in [0.25, 0.3) is 0 Å². The highest BCUT2D eigenvalue weighted by Gasteiger charge is 2.17. The van der Waals surface area contributed by atoms with Crippen molar-refractivity contribution in [3.05, 3.63) is 16.4 Å². The van der Waals surface area contributed by atoms with Gasteiger partial charge in [-0.15, -0.1) is 0 Å². The molecule has 0 amide bonds. The Hall–Kier alpha value is -0.580. The lowest BCUT2D eigenvalue weighted by Crippen LogP contribution is -2.22. The molecule has 16 heavy (non-hydrogen) atoms. The smallest absolute Gasteiger partial charge is 0.0849 e. The molecule has 0 aliphatic heterocycles. The van der Waals surface area contributed by atoms with E-state index in [2.05, 4.69) is 5.10 Å². The summed E-state index contributed by atoms with van der Waals surface area (Å²) in [6.45, 7) is 5.40. The van der Waals surface area contributed by atoms with Gasteiger partial charge in [0.2, 0.25) is 0 Å². The molecule has 92 valence electrons. The van der Waals surface area contributed by atoms with Crippen LogP contribution < -0.4 is 5.73 Å². The fourth-order valence-corrected chi connectivity index (χ4v) is 2.05. The highest BCUT2D eigenvalue weighted by Crippen LogP contribution is 2.23. The predicted molar refractivity (Wildman–Crippen MR) is 65.6 cm³/mol. The molecule has 5 heteroatoms. The van der Waals surface area contributed by atoms with E-state index in [-0.39, 0.29) is 12.5 Å². The van der Waals surface area contributed by atoms with Crippen LogP contribution in [0.5, 0.6) is 0 Å². The van der Waals surface area contributed by atoms with E-state index < -0.39 is 0 Å². The number of nitrogens with zero attached hydrogens (tertiary/aromatic N) is 2. The van der Waals surface area contributed by atoms with E-state index in [1.165, 1.54) is 0 Å². The monoisotopic (exact) mass is 245 g/mol. The summed E-state index contributed by atoms with van der Waals surface area (Å²) in [5, 5.41) is 14.3.